The van der Waals surface area contributed by atoms with Crippen LogP contribution in [-0.4, -0.2) is 7.57 Å². The lowest BCUT2D eigenvalue weighted by Crippen LogP contribution is -2.10. The van der Waals surface area contributed by atoms with Gasteiger partial charge in [0.05, 0.1) is 0 Å². The van der Waals surface area contributed by atoms with Crippen LogP contribution in [0.1, 0.15) is 0 Å². The molecule has 0 radical (unpaired) electrons. The van der Waals surface area contributed by atoms with E-state index in [-0.39, 0.29) is 7.80 Å². The van der Waals surface area contributed by atoms with Gasteiger partial charge in [0, 0.05) is 0 Å². The first kappa shape index (κ1) is 9.49. The van der Waals surface area contributed by atoms with Crippen LogP contribution in [0.25, 0.3) is 0 Å². The third-order valence-electron chi connectivity index (χ3n) is 2.29. The van der Waals surface area contributed by atoms with Crippen LogP contribution in [-0.2, 0) is 0 Å². The molecule has 14 heavy (non-hydrogen) atoms. The third-order valence-corrected chi connectivity index (χ3v) is 4.43. The molecule has 0 atom stereocenters. The Balaban J connectivity index is 2.30. The molecule has 0 spiro atoms. The van der Waals surface area contributed by atoms with E-state index in [0.717, 1.165) is 0 Å². The Labute approximate surface area is 87.1 Å². The molecule has 0 aliphatic rings. The predicted octanol–water partition coefficient (Wildman–Crippen LogP) is 1.67. The minimum Gasteiger partial charge on any atom is -0.0883 e. The molecule has 0 unspecified atom stereocenters. The molecule has 0 nitrogen and oxygen atoms in total. The normalized spacial score (nSPS) is 10.4. The molecule has 0 saturated carbocycles. The van der Waals surface area contributed by atoms with E-state index in [0.29, 0.717) is 0 Å². The molecular weight excluding hydrogens is 186 g/mol. The van der Waals surface area contributed by atoms with E-state index in [1.807, 2.05) is 0 Å². The van der Waals surface area contributed by atoms with Crippen molar-refractivity contribution in [3.8, 4) is 0 Å². The van der Waals surface area contributed by atoms with Gasteiger partial charge in [0.1, 0.15) is 7.57 Å². The van der Waals surface area contributed by atoms with Gasteiger partial charge in [-0.1, -0.05) is 68.5 Å². The highest BCUT2D eigenvalue weighted by Gasteiger charge is 2.04. The lowest BCUT2D eigenvalue weighted by Gasteiger charge is -2.12. The predicted molar refractivity (Wildman–Crippen MR) is 67.6 cm³/mol. The zero-order chi connectivity index (χ0) is 9.80. The Kier molecular flexibility index (Phi) is 3.01. The zero-order valence-corrected chi connectivity index (χ0v) is 9.12. The maximum Gasteiger partial charge on any atom is 0.145 e. The summed E-state index contributed by atoms with van der Waals surface area (Å²) in [5.74, 6) is 0. The molecule has 2 heteroatoms. The first-order chi connectivity index (χ1) is 6.88. The molecular formula is C12H12BP. The third kappa shape index (κ3) is 2.05. The van der Waals surface area contributed by atoms with Gasteiger partial charge in [0.15, 0.2) is 0 Å². The Hall–Kier alpha value is -1.07. The first-order valence-electron chi connectivity index (χ1n) is 4.72. The Bertz CT molecular complexity index is 346. The maximum absolute atomic E-state index is 2.31. The van der Waals surface area contributed by atoms with Crippen LogP contribution in [0.2, 0.25) is 0 Å². The summed E-state index contributed by atoms with van der Waals surface area (Å²) >= 11 is 0. The second-order valence-corrected chi connectivity index (χ2v) is 5.38. The van der Waals surface area contributed by atoms with Crippen molar-refractivity contribution in [1.82, 2.24) is 0 Å². The minimum absolute atomic E-state index is 0.171. The highest BCUT2D eigenvalue weighted by atomic mass is 31.1. The minimum atomic E-state index is -0.171. The summed E-state index contributed by atoms with van der Waals surface area (Å²) in [7, 11) is 2.13. The molecule has 0 aliphatic heterocycles. The molecule has 0 aliphatic carbocycles. The van der Waals surface area contributed by atoms with E-state index in [9.17, 15) is 0 Å². The average Bonchev–Trinajstić information content (AvgIpc) is 2.30. The van der Waals surface area contributed by atoms with E-state index in [4.69, 9.17) is 0 Å². The molecule has 2 rings (SSSR count). The van der Waals surface area contributed by atoms with Crippen molar-refractivity contribution in [3.05, 3.63) is 60.7 Å². The molecule has 0 amide bonds. The molecule has 0 N–H and O–H groups in total. The van der Waals surface area contributed by atoms with Crippen LogP contribution in [0.4, 0.5) is 0 Å². The van der Waals surface area contributed by atoms with Crippen LogP contribution < -0.4 is 10.6 Å². The monoisotopic (exact) mass is 198 g/mol. The summed E-state index contributed by atoms with van der Waals surface area (Å²) in [5.41, 5.74) is 0. The SMILES string of the molecule is BP(c1ccccc1)c1ccccc1. The second kappa shape index (κ2) is 4.44. The van der Waals surface area contributed by atoms with E-state index in [1.165, 1.54) is 10.6 Å². The van der Waals surface area contributed by atoms with E-state index in [1.54, 1.807) is 0 Å². The Morgan fingerprint density at radius 3 is 1.36 bits per heavy atom. The standard InChI is InChI=1S/C12H12BP/c13-14(11-7-3-1-4-8-11)12-9-5-2-6-10-12/h1-10H,13H2. The highest BCUT2D eigenvalue weighted by Crippen LogP contribution is 2.26. The van der Waals surface area contributed by atoms with Gasteiger partial charge in [-0.15, -0.1) is 0 Å². The molecule has 2 aromatic carbocycles. The summed E-state index contributed by atoms with van der Waals surface area (Å²) in [6.07, 6.45) is 0. The van der Waals surface area contributed by atoms with E-state index < -0.39 is 0 Å². The van der Waals surface area contributed by atoms with Crippen molar-refractivity contribution < 1.29 is 0 Å². The smallest absolute Gasteiger partial charge is 0.0883 e. The van der Waals surface area contributed by atoms with Crippen molar-refractivity contribution in [2.45, 2.75) is 0 Å². The van der Waals surface area contributed by atoms with Crippen molar-refractivity contribution in [2.75, 3.05) is 0 Å². The van der Waals surface area contributed by atoms with Crippen LogP contribution in [0.5, 0.6) is 0 Å². The van der Waals surface area contributed by atoms with Crippen molar-refractivity contribution in [1.29, 1.82) is 0 Å². The number of rotatable bonds is 2. The molecule has 68 valence electrons. The van der Waals surface area contributed by atoms with Crippen molar-refractivity contribution in [3.63, 3.8) is 0 Å². The summed E-state index contributed by atoms with van der Waals surface area (Å²) in [4.78, 5) is 0. The largest absolute Gasteiger partial charge is 0.145 e. The van der Waals surface area contributed by atoms with Crippen LogP contribution in [0.3, 0.4) is 0 Å². The molecule has 0 bridgehead atoms. The fraction of sp³-hybridized carbons (Fsp3) is 0. The van der Waals surface area contributed by atoms with Crippen LogP contribution in [0.15, 0.2) is 60.7 Å². The van der Waals surface area contributed by atoms with Crippen molar-refractivity contribution in [2.24, 2.45) is 0 Å². The molecule has 0 saturated heterocycles. The van der Waals surface area contributed by atoms with Gasteiger partial charge < -0.3 is 0 Å². The van der Waals surface area contributed by atoms with E-state index >= 15 is 0 Å². The molecule has 0 heterocycles. The van der Waals surface area contributed by atoms with Crippen LogP contribution in [0, 0.1) is 0 Å². The fourth-order valence-electron chi connectivity index (χ4n) is 1.45. The topological polar surface area (TPSA) is 0 Å². The summed E-state index contributed by atoms with van der Waals surface area (Å²) in [5, 5.41) is 2.88. The average molecular weight is 198 g/mol. The van der Waals surface area contributed by atoms with Gasteiger partial charge in [0.25, 0.3) is 0 Å². The highest BCUT2D eigenvalue weighted by molar-refractivity contribution is 7.94. The van der Waals surface area contributed by atoms with E-state index in [2.05, 4.69) is 68.2 Å². The first-order valence-corrected chi connectivity index (χ1v) is 6.50. The summed E-state index contributed by atoms with van der Waals surface area (Å²) < 4.78 is 0. The second-order valence-electron chi connectivity index (χ2n) is 3.23. The lowest BCUT2D eigenvalue weighted by molar-refractivity contribution is 1.76. The number of hydrogen-bond acceptors (Lipinski definition) is 0. The number of benzene rings is 2. The molecule has 0 fully saturated rings. The lowest BCUT2D eigenvalue weighted by atomic mass is 10.4. The van der Waals surface area contributed by atoms with Gasteiger partial charge in [-0.05, 0) is 10.6 Å². The quantitative estimate of drug-likeness (QED) is 0.508. The van der Waals surface area contributed by atoms with Gasteiger partial charge >= 0.3 is 0 Å². The molecule has 2 aromatic rings. The Morgan fingerprint density at radius 2 is 1.00 bits per heavy atom. The fourth-order valence-corrected chi connectivity index (χ4v) is 2.99. The summed E-state index contributed by atoms with van der Waals surface area (Å²) in [6.45, 7) is 0. The molecule has 0 aromatic heterocycles. The number of hydrogen-bond donors (Lipinski definition) is 0. The maximum atomic E-state index is 2.31. The van der Waals surface area contributed by atoms with Gasteiger partial charge in [-0.25, -0.2) is 0 Å². The van der Waals surface area contributed by atoms with Crippen LogP contribution >= 0.6 is 7.80 Å². The van der Waals surface area contributed by atoms with Gasteiger partial charge in [0.2, 0.25) is 0 Å². The van der Waals surface area contributed by atoms with Gasteiger partial charge in [-0.2, -0.15) is 0 Å². The summed E-state index contributed by atoms with van der Waals surface area (Å²) in [6, 6.07) is 21.4. The zero-order valence-electron chi connectivity index (χ0n) is 8.22. The van der Waals surface area contributed by atoms with Gasteiger partial charge in [-0.3, -0.25) is 0 Å². The van der Waals surface area contributed by atoms with Crippen molar-refractivity contribution >= 4 is 26.0 Å². The Morgan fingerprint density at radius 1 is 0.643 bits per heavy atom.